The minimum atomic E-state index is -4.95. The van der Waals surface area contributed by atoms with Gasteiger partial charge in [-0.15, -0.1) is 0 Å². The van der Waals surface area contributed by atoms with Gasteiger partial charge >= 0.3 is 39.5 Å². The molecule has 2 unspecified atom stereocenters. The van der Waals surface area contributed by atoms with Gasteiger partial charge in [-0.1, -0.05) is 324 Å². The van der Waals surface area contributed by atoms with Crippen LogP contribution in [0.25, 0.3) is 0 Å². The lowest BCUT2D eigenvalue weighted by molar-refractivity contribution is -0.161. The van der Waals surface area contributed by atoms with Crippen LogP contribution in [0.5, 0.6) is 0 Å². The molecule has 0 amide bonds. The first-order valence-corrected chi connectivity index (χ1v) is 41.0. The van der Waals surface area contributed by atoms with Crippen LogP contribution < -0.4 is 0 Å². The molecule has 0 saturated heterocycles. The first kappa shape index (κ1) is 90.1. The minimum absolute atomic E-state index is 0.104. The predicted molar refractivity (Wildman–Crippen MR) is 372 cm³/mol. The van der Waals surface area contributed by atoms with E-state index in [1.165, 1.54) is 186 Å². The van der Waals surface area contributed by atoms with Gasteiger partial charge in [0, 0.05) is 25.7 Å². The molecule has 0 radical (unpaired) electrons. The van der Waals surface area contributed by atoms with Crippen molar-refractivity contribution in [1.29, 1.82) is 0 Å². The number of esters is 4. The molecule has 3 N–H and O–H groups in total. The fraction of sp³-hybridized carbons (Fsp3) is 0.945. The summed E-state index contributed by atoms with van der Waals surface area (Å²) in [5.74, 6) is -0.595. The molecule has 0 aromatic heterocycles. The summed E-state index contributed by atoms with van der Waals surface area (Å²) in [6, 6.07) is 0. The number of phosphoric acid groups is 2. The monoisotopic (exact) mass is 1350 g/mol. The highest BCUT2D eigenvalue weighted by molar-refractivity contribution is 7.47. The molecule has 0 aromatic carbocycles. The number of carbonyl (C=O) groups excluding carboxylic acids is 4. The Kier molecular flexibility index (Phi) is 63.7. The fourth-order valence-corrected chi connectivity index (χ4v) is 12.7. The Balaban J connectivity index is 5.20. The third-order valence-corrected chi connectivity index (χ3v) is 18.9. The quantitative estimate of drug-likeness (QED) is 0.0222. The number of ether oxygens (including phenoxy) is 4. The summed E-state index contributed by atoms with van der Waals surface area (Å²) < 4.78 is 68.3. The number of carbonyl (C=O) groups is 4. The first-order chi connectivity index (χ1) is 44.4. The van der Waals surface area contributed by atoms with E-state index in [9.17, 15) is 43.2 Å². The molecule has 17 nitrogen and oxygen atoms in total. The Morgan fingerprint density at radius 3 is 0.739 bits per heavy atom. The number of unbranched alkanes of at least 4 members (excludes halogenated alkanes) is 42. The average Bonchev–Trinajstić information content (AvgIpc) is 1.40. The molecule has 92 heavy (non-hydrogen) atoms. The number of aliphatic hydroxyl groups excluding tert-OH is 1. The van der Waals surface area contributed by atoms with Crippen molar-refractivity contribution in [1.82, 2.24) is 0 Å². The molecule has 0 saturated carbocycles. The highest BCUT2D eigenvalue weighted by Gasteiger charge is 2.30. The normalized spacial score (nSPS) is 14.1. The molecular weight excluding hydrogens is 1210 g/mol. The summed E-state index contributed by atoms with van der Waals surface area (Å²) in [5.41, 5.74) is 0. The number of aliphatic hydroxyl groups is 1. The first-order valence-electron chi connectivity index (χ1n) is 38.0. The van der Waals surface area contributed by atoms with Gasteiger partial charge in [-0.3, -0.25) is 37.3 Å². The van der Waals surface area contributed by atoms with Crippen molar-refractivity contribution in [3.05, 3.63) is 0 Å². The molecule has 5 atom stereocenters. The number of rotatable bonds is 72. The smallest absolute Gasteiger partial charge is 0.462 e. The van der Waals surface area contributed by atoms with Gasteiger partial charge in [0.05, 0.1) is 26.4 Å². The third-order valence-electron chi connectivity index (χ3n) is 17.0. The Labute approximate surface area is 562 Å². The van der Waals surface area contributed by atoms with Gasteiger partial charge in [-0.25, -0.2) is 9.13 Å². The summed E-state index contributed by atoms with van der Waals surface area (Å²) in [5, 5.41) is 10.6. The topological polar surface area (TPSA) is 237 Å². The van der Waals surface area contributed by atoms with Crippen LogP contribution in [-0.2, 0) is 65.4 Å². The molecule has 19 heteroatoms. The molecule has 0 fully saturated rings. The number of hydrogen-bond donors (Lipinski definition) is 3. The summed E-state index contributed by atoms with van der Waals surface area (Å²) in [6.45, 7) is 9.54. The molecule has 0 bridgehead atoms. The largest absolute Gasteiger partial charge is 0.472 e. The van der Waals surface area contributed by atoms with Gasteiger partial charge in [0.15, 0.2) is 12.2 Å². The van der Waals surface area contributed by atoms with Crippen LogP contribution in [0.15, 0.2) is 0 Å². The van der Waals surface area contributed by atoms with Gasteiger partial charge in [0.1, 0.15) is 19.3 Å². The second-order valence-corrected chi connectivity index (χ2v) is 30.2. The molecule has 546 valence electrons. The Morgan fingerprint density at radius 2 is 0.500 bits per heavy atom. The molecule has 0 heterocycles. The second kappa shape index (κ2) is 65.0. The van der Waals surface area contributed by atoms with Crippen molar-refractivity contribution in [3.8, 4) is 0 Å². The van der Waals surface area contributed by atoms with Gasteiger partial charge in [0.25, 0.3) is 0 Å². The summed E-state index contributed by atoms with van der Waals surface area (Å²) in [4.78, 5) is 72.6. The van der Waals surface area contributed by atoms with E-state index in [0.29, 0.717) is 25.7 Å². The van der Waals surface area contributed by atoms with Crippen molar-refractivity contribution >= 4 is 39.5 Å². The summed E-state index contributed by atoms with van der Waals surface area (Å²) in [6.07, 6.45) is 51.4. The standard InChI is InChI=1S/C73H142O17P2/c1-7-9-11-13-15-17-18-19-25-28-31-38-44-50-56-71(76)84-62-69(89-72(77)57-51-45-39-32-29-26-23-21-20-22-24-27-30-35-41-47-53-65(3)4)64-88-92(81,82)86-60-67(74)59-85-91(79,80)87-63-68(61-83-70(75)55-49-43-37-16-14-12-10-8-2)90-73(78)58-52-46-40-34-33-36-42-48-54-66(5)6/h65-69,74H,7-64H2,1-6H3,(H,79,80)(H,81,82)/t67-,68+,69+/m0/s1. The predicted octanol–water partition coefficient (Wildman–Crippen LogP) is 21.2. The molecular formula is C73H142O17P2. The Hall–Kier alpha value is -1.94. The lowest BCUT2D eigenvalue weighted by Gasteiger charge is -2.21. The highest BCUT2D eigenvalue weighted by Crippen LogP contribution is 2.45. The van der Waals surface area contributed by atoms with E-state index in [-0.39, 0.29) is 25.7 Å². The molecule has 0 aliphatic carbocycles. The van der Waals surface area contributed by atoms with Crippen LogP contribution in [0.1, 0.15) is 375 Å². The lowest BCUT2D eigenvalue weighted by atomic mass is 10.0. The van der Waals surface area contributed by atoms with Crippen LogP contribution >= 0.6 is 15.6 Å². The zero-order valence-electron chi connectivity index (χ0n) is 59.9. The zero-order valence-corrected chi connectivity index (χ0v) is 61.6. The van der Waals surface area contributed by atoms with Crippen LogP contribution in [0.4, 0.5) is 0 Å². The molecule has 0 aromatic rings. The summed E-state index contributed by atoms with van der Waals surface area (Å²) >= 11 is 0. The van der Waals surface area contributed by atoms with Crippen molar-refractivity contribution in [2.75, 3.05) is 39.6 Å². The van der Waals surface area contributed by atoms with Crippen LogP contribution in [0.3, 0.4) is 0 Å². The maximum Gasteiger partial charge on any atom is 0.472 e. The van der Waals surface area contributed by atoms with Crippen molar-refractivity contribution in [3.63, 3.8) is 0 Å². The molecule has 0 spiro atoms. The van der Waals surface area contributed by atoms with E-state index in [2.05, 4.69) is 41.5 Å². The highest BCUT2D eigenvalue weighted by atomic mass is 31.2. The van der Waals surface area contributed by atoms with E-state index in [0.717, 1.165) is 108 Å². The Bertz CT molecular complexity index is 1790. The minimum Gasteiger partial charge on any atom is -0.462 e. The Morgan fingerprint density at radius 1 is 0.293 bits per heavy atom. The number of hydrogen-bond acceptors (Lipinski definition) is 15. The van der Waals surface area contributed by atoms with Gasteiger partial charge in [0.2, 0.25) is 0 Å². The van der Waals surface area contributed by atoms with E-state index in [4.69, 9.17) is 37.0 Å². The van der Waals surface area contributed by atoms with E-state index >= 15 is 0 Å². The summed E-state index contributed by atoms with van der Waals surface area (Å²) in [7, 11) is -9.90. The van der Waals surface area contributed by atoms with E-state index in [1.54, 1.807) is 0 Å². The maximum absolute atomic E-state index is 13.1. The molecule has 0 aliphatic rings. The lowest BCUT2D eigenvalue weighted by Crippen LogP contribution is -2.30. The van der Waals surface area contributed by atoms with Crippen molar-refractivity contribution in [2.45, 2.75) is 394 Å². The third kappa shape index (κ3) is 66.7. The number of phosphoric ester groups is 2. The van der Waals surface area contributed by atoms with E-state index < -0.39 is 97.5 Å². The van der Waals surface area contributed by atoms with Crippen molar-refractivity contribution < 1.29 is 80.2 Å². The maximum atomic E-state index is 13.1. The fourth-order valence-electron chi connectivity index (χ4n) is 11.1. The second-order valence-electron chi connectivity index (χ2n) is 27.3. The average molecular weight is 1350 g/mol. The van der Waals surface area contributed by atoms with Gasteiger partial charge < -0.3 is 33.8 Å². The van der Waals surface area contributed by atoms with Crippen molar-refractivity contribution in [2.24, 2.45) is 11.8 Å². The van der Waals surface area contributed by atoms with Crippen LogP contribution in [-0.4, -0.2) is 96.7 Å². The van der Waals surface area contributed by atoms with Crippen LogP contribution in [0.2, 0.25) is 0 Å². The SMILES string of the molecule is CCCCCCCCCCCCCCCCC(=O)OC[C@H](COP(=O)(O)OC[C@@H](O)COP(=O)(O)OC[C@@H](COC(=O)CCCCCCCCCC)OC(=O)CCCCCCCCCCC(C)C)OC(=O)CCCCCCCCCCCCCCCCCCC(C)C. The van der Waals surface area contributed by atoms with Crippen LogP contribution in [0, 0.1) is 11.8 Å². The van der Waals surface area contributed by atoms with E-state index in [1.807, 2.05) is 0 Å². The van der Waals surface area contributed by atoms with Gasteiger partial charge in [-0.2, -0.15) is 0 Å². The van der Waals surface area contributed by atoms with Gasteiger partial charge in [-0.05, 0) is 37.5 Å². The molecule has 0 rings (SSSR count). The zero-order chi connectivity index (χ0) is 67.9. The molecule has 0 aliphatic heterocycles.